The highest BCUT2D eigenvalue weighted by Gasteiger charge is 2.09. The van der Waals surface area contributed by atoms with E-state index in [0.717, 1.165) is 10.7 Å². The monoisotopic (exact) mass is 336 g/mol. The van der Waals surface area contributed by atoms with Crippen LogP contribution in [0.2, 0.25) is 0 Å². The largest absolute Gasteiger partial charge is 0.413 e. The number of nitrogens with zero attached hydrogens (tertiary/aromatic N) is 6. The second-order valence-corrected chi connectivity index (χ2v) is 6.07. The van der Waals surface area contributed by atoms with Crippen LogP contribution in [0.15, 0.2) is 15.5 Å². The van der Waals surface area contributed by atoms with Crippen LogP contribution in [-0.2, 0) is 12.3 Å². The van der Waals surface area contributed by atoms with E-state index in [9.17, 15) is 0 Å². The van der Waals surface area contributed by atoms with Gasteiger partial charge in [0.25, 0.3) is 4.84 Å². The van der Waals surface area contributed by atoms with Crippen LogP contribution in [-0.4, -0.2) is 33.8 Å². The summed E-state index contributed by atoms with van der Waals surface area (Å²) in [4.78, 5) is 11.0. The van der Waals surface area contributed by atoms with Gasteiger partial charge in [-0.25, -0.2) is 14.6 Å². The summed E-state index contributed by atoms with van der Waals surface area (Å²) < 4.78 is 6.96. The minimum absolute atomic E-state index is 0.290. The molecule has 0 amide bonds. The van der Waals surface area contributed by atoms with Crippen LogP contribution in [0.4, 0.5) is 5.95 Å². The van der Waals surface area contributed by atoms with Gasteiger partial charge in [0.1, 0.15) is 5.03 Å². The van der Waals surface area contributed by atoms with Crippen LogP contribution in [0.5, 0.6) is 0 Å². The third-order valence-electron chi connectivity index (χ3n) is 2.65. The van der Waals surface area contributed by atoms with Gasteiger partial charge < -0.3 is 9.32 Å². The fourth-order valence-corrected chi connectivity index (χ4v) is 2.66. The van der Waals surface area contributed by atoms with Crippen LogP contribution in [0, 0.1) is 23.1 Å². The van der Waals surface area contributed by atoms with Crippen molar-refractivity contribution in [2.75, 3.05) is 19.0 Å². The quantitative estimate of drug-likeness (QED) is 0.452. The Morgan fingerprint density at radius 1 is 1.45 bits per heavy atom. The molecule has 2 heterocycles. The van der Waals surface area contributed by atoms with Gasteiger partial charge in [-0.1, -0.05) is 11.8 Å². The molecule has 0 fully saturated rings. The standard InChI is InChI=1S/C13H16N6OS2/c1-9-7-11(16-12(15-9)18(2)3)22-8-10-17-19(6-4-5-14)13(21)20-10/h7H,4,6,8H2,1-3H3. The van der Waals surface area contributed by atoms with Crippen LogP contribution >= 0.6 is 24.0 Å². The topological polar surface area (TPSA) is 83.8 Å². The van der Waals surface area contributed by atoms with E-state index in [1.807, 2.05) is 32.0 Å². The average molecular weight is 336 g/mol. The first-order valence-electron chi connectivity index (χ1n) is 6.59. The molecule has 2 rings (SSSR count). The molecule has 2 aromatic rings. The summed E-state index contributed by atoms with van der Waals surface area (Å²) in [5, 5.41) is 13.7. The van der Waals surface area contributed by atoms with E-state index in [2.05, 4.69) is 21.1 Å². The molecule has 0 radical (unpaired) electrons. The van der Waals surface area contributed by atoms with Gasteiger partial charge in [0.2, 0.25) is 11.8 Å². The molecule has 0 aliphatic heterocycles. The Balaban J connectivity index is 2.07. The van der Waals surface area contributed by atoms with E-state index >= 15 is 0 Å². The maximum absolute atomic E-state index is 8.60. The molecule has 0 N–H and O–H groups in total. The third-order valence-corrected chi connectivity index (χ3v) is 3.84. The summed E-state index contributed by atoms with van der Waals surface area (Å²) in [6.07, 6.45) is 0.352. The first-order valence-corrected chi connectivity index (χ1v) is 7.98. The number of hydrogen-bond donors (Lipinski definition) is 0. The highest BCUT2D eigenvalue weighted by molar-refractivity contribution is 7.98. The van der Waals surface area contributed by atoms with Crippen molar-refractivity contribution in [3.8, 4) is 6.07 Å². The summed E-state index contributed by atoms with van der Waals surface area (Å²) in [5.74, 6) is 1.71. The van der Waals surface area contributed by atoms with Gasteiger partial charge in [0, 0.05) is 19.8 Å². The van der Waals surface area contributed by atoms with E-state index in [0.29, 0.717) is 35.4 Å². The van der Waals surface area contributed by atoms with Crippen LogP contribution < -0.4 is 4.90 Å². The molecule has 9 heteroatoms. The molecule has 7 nitrogen and oxygen atoms in total. The Kier molecular flexibility index (Phi) is 5.51. The smallest absolute Gasteiger partial charge is 0.287 e. The lowest BCUT2D eigenvalue weighted by Gasteiger charge is -2.11. The Labute approximate surface area is 138 Å². The highest BCUT2D eigenvalue weighted by Crippen LogP contribution is 2.22. The summed E-state index contributed by atoms with van der Waals surface area (Å²) in [7, 11) is 3.80. The predicted octanol–water partition coefficient (Wildman–Crippen LogP) is 2.58. The van der Waals surface area contributed by atoms with Crippen LogP contribution in [0.25, 0.3) is 0 Å². The van der Waals surface area contributed by atoms with E-state index < -0.39 is 0 Å². The van der Waals surface area contributed by atoms with Crippen molar-refractivity contribution in [2.24, 2.45) is 0 Å². The molecule has 0 unspecified atom stereocenters. The van der Waals surface area contributed by atoms with Gasteiger partial charge >= 0.3 is 0 Å². The highest BCUT2D eigenvalue weighted by atomic mass is 32.2. The molecular weight excluding hydrogens is 320 g/mol. The molecule has 116 valence electrons. The van der Waals surface area contributed by atoms with Gasteiger partial charge in [-0.05, 0) is 25.2 Å². The molecule has 0 spiro atoms. The number of anilines is 1. The molecule has 0 aromatic carbocycles. The second kappa shape index (κ2) is 7.38. The first-order chi connectivity index (χ1) is 10.5. The first kappa shape index (κ1) is 16.5. The van der Waals surface area contributed by atoms with Gasteiger partial charge in [-0.2, -0.15) is 5.26 Å². The Morgan fingerprint density at radius 3 is 2.91 bits per heavy atom. The van der Waals surface area contributed by atoms with E-state index in [-0.39, 0.29) is 0 Å². The minimum atomic E-state index is 0.290. The fraction of sp³-hybridized carbons (Fsp3) is 0.462. The lowest BCUT2D eigenvalue weighted by Crippen LogP contribution is -2.13. The number of thioether (sulfide) groups is 1. The molecule has 22 heavy (non-hydrogen) atoms. The number of rotatable bonds is 6. The van der Waals surface area contributed by atoms with Gasteiger partial charge in [0.15, 0.2) is 0 Å². The third kappa shape index (κ3) is 4.29. The predicted molar refractivity (Wildman–Crippen MR) is 86.2 cm³/mol. The van der Waals surface area contributed by atoms with E-state index in [4.69, 9.17) is 21.9 Å². The van der Waals surface area contributed by atoms with E-state index in [1.165, 1.54) is 16.4 Å². The second-order valence-electron chi connectivity index (χ2n) is 4.72. The zero-order valence-electron chi connectivity index (χ0n) is 12.6. The molecule has 0 saturated carbocycles. The Morgan fingerprint density at radius 2 is 2.23 bits per heavy atom. The van der Waals surface area contributed by atoms with Crippen molar-refractivity contribution < 1.29 is 4.42 Å². The van der Waals surface area contributed by atoms with Crippen molar-refractivity contribution in [1.82, 2.24) is 19.7 Å². The van der Waals surface area contributed by atoms with E-state index in [1.54, 1.807) is 0 Å². The number of aryl methyl sites for hydroxylation is 2. The van der Waals surface area contributed by atoms with Crippen LogP contribution in [0.1, 0.15) is 18.0 Å². The lowest BCUT2D eigenvalue weighted by atomic mass is 10.4. The maximum Gasteiger partial charge on any atom is 0.287 e. The zero-order valence-corrected chi connectivity index (χ0v) is 14.2. The molecule has 0 aliphatic carbocycles. The number of hydrogen-bond acceptors (Lipinski definition) is 8. The summed E-state index contributed by atoms with van der Waals surface area (Å²) in [6.45, 7) is 2.38. The Hall–Kier alpha value is -1.92. The molecule has 0 aliphatic rings. The summed E-state index contributed by atoms with van der Waals surface area (Å²) in [6, 6.07) is 3.97. The van der Waals surface area contributed by atoms with Crippen LogP contribution in [0.3, 0.4) is 0 Å². The van der Waals surface area contributed by atoms with Gasteiger partial charge in [0.05, 0.1) is 24.8 Å². The minimum Gasteiger partial charge on any atom is -0.413 e. The van der Waals surface area contributed by atoms with Crippen molar-refractivity contribution >= 4 is 29.9 Å². The number of nitriles is 1. The maximum atomic E-state index is 8.60. The summed E-state index contributed by atoms with van der Waals surface area (Å²) in [5.41, 5.74) is 0.904. The SMILES string of the molecule is Cc1cc(SCc2nn(CCC#N)c(=S)o2)nc(N(C)C)n1. The van der Waals surface area contributed by atoms with Crippen molar-refractivity contribution in [2.45, 2.75) is 30.7 Å². The van der Waals surface area contributed by atoms with Crippen molar-refractivity contribution in [3.63, 3.8) is 0 Å². The Bertz CT molecular complexity index is 746. The lowest BCUT2D eigenvalue weighted by molar-refractivity contribution is 0.484. The molecule has 0 saturated heterocycles. The average Bonchev–Trinajstić information content (AvgIpc) is 2.82. The fourth-order valence-electron chi connectivity index (χ4n) is 1.64. The molecular formula is C13H16N6OS2. The zero-order chi connectivity index (χ0) is 16.1. The molecule has 0 bridgehead atoms. The van der Waals surface area contributed by atoms with Crippen molar-refractivity contribution in [1.29, 1.82) is 5.26 Å². The number of aromatic nitrogens is 4. The van der Waals surface area contributed by atoms with Crippen molar-refractivity contribution in [3.05, 3.63) is 22.5 Å². The molecule has 2 aromatic heterocycles. The van der Waals surface area contributed by atoms with Gasteiger partial charge in [-0.15, -0.1) is 5.10 Å². The van der Waals surface area contributed by atoms with Gasteiger partial charge in [-0.3, -0.25) is 0 Å². The normalized spacial score (nSPS) is 10.5. The summed E-state index contributed by atoms with van der Waals surface area (Å²) >= 11 is 6.58. The molecule has 0 atom stereocenters.